The number of nitrogens with one attached hydrogen (secondary N) is 1. The Balaban J connectivity index is 1.93. The molecule has 0 bridgehead atoms. The summed E-state index contributed by atoms with van der Waals surface area (Å²) in [7, 11) is 0. The molecule has 1 aromatic heterocycles. The zero-order valence-corrected chi connectivity index (χ0v) is 18.9. The van der Waals surface area contributed by atoms with Gasteiger partial charge in [0.2, 0.25) is 0 Å². The number of benzene rings is 2. The minimum absolute atomic E-state index is 0.0146. The highest BCUT2D eigenvalue weighted by Gasteiger charge is 2.16. The van der Waals surface area contributed by atoms with Crippen molar-refractivity contribution in [1.29, 1.82) is 5.26 Å². The summed E-state index contributed by atoms with van der Waals surface area (Å²) in [6.07, 6.45) is 1.57. The molecule has 0 aliphatic carbocycles. The van der Waals surface area contributed by atoms with E-state index >= 15 is 0 Å². The van der Waals surface area contributed by atoms with Gasteiger partial charge >= 0.3 is 0 Å². The molecule has 0 unspecified atom stereocenters. The van der Waals surface area contributed by atoms with Gasteiger partial charge in [0, 0.05) is 23.1 Å². The van der Waals surface area contributed by atoms with E-state index in [-0.39, 0.29) is 5.57 Å². The Kier molecular flexibility index (Phi) is 7.06. The molecule has 0 saturated heterocycles. The maximum atomic E-state index is 12.7. The van der Waals surface area contributed by atoms with E-state index < -0.39 is 5.91 Å². The van der Waals surface area contributed by atoms with Gasteiger partial charge in [-0.25, -0.2) is 0 Å². The minimum Gasteiger partial charge on any atom is -0.494 e. The molecule has 2 aromatic carbocycles. The predicted molar refractivity (Wildman–Crippen MR) is 125 cm³/mol. The van der Waals surface area contributed by atoms with Crippen LogP contribution in [0.4, 0.5) is 5.69 Å². The van der Waals surface area contributed by atoms with Crippen LogP contribution in [0.5, 0.6) is 5.75 Å². The third-order valence-electron chi connectivity index (χ3n) is 4.71. The van der Waals surface area contributed by atoms with Gasteiger partial charge < -0.3 is 14.6 Å². The van der Waals surface area contributed by atoms with Crippen molar-refractivity contribution >= 4 is 40.9 Å². The highest BCUT2D eigenvalue weighted by Crippen LogP contribution is 2.32. The first kappa shape index (κ1) is 22.5. The number of hydrogen-bond donors (Lipinski definition) is 1. The van der Waals surface area contributed by atoms with Gasteiger partial charge in [-0.2, -0.15) is 5.26 Å². The van der Waals surface area contributed by atoms with Gasteiger partial charge in [-0.05, 0) is 62.7 Å². The van der Waals surface area contributed by atoms with Crippen molar-refractivity contribution in [3.63, 3.8) is 0 Å². The summed E-state index contributed by atoms with van der Waals surface area (Å²) in [5.41, 5.74) is 3.74. The normalized spacial score (nSPS) is 11.2. The van der Waals surface area contributed by atoms with Crippen LogP contribution in [0.3, 0.4) is 0 Å². The van der Waals surface area contributed by atoms with Crippen LogP contribution in [-0.2, 0) is 4.79 Å². The maximum absolute atomic E-state index is 12.7. The van der Waals surface area contributed by atoms with E-state index in [2.05, 4.69) is 5.32 Å². The standard InChI is InChI=1S/C24H21Cl2N3O2/c1-4-31-20-8-5-7-19(13-20)28-24(30)18(14-27)12-17-11-15(2)29(16(17)3)22-10-6-9-21(25)23(22)26/h5-13H,4H2,1-3H3,(H,28,30)/b18-12-. The summed E-state index contributed by atoms with van der Waals surface area (Å²) >= 11 is 12.6. The van der Waals surface area contributed by atoms with E-state index in [1.807, 2.05) is 49.6 Å². The van der Waals surface area contributed by atoms with Crippen molar-refractivity contribution in [3.8, 4) is 17.5 Å². The number of anilines is 1. The van der Waals surface area contributed by atoms with Gasteiger partial charge in [-0.15, -0.1) is 0 Å². The Morgan fingerprint density at radius 2 is 1.94 bits per heavy atom. The van der Waals surface area contributed by atoms with Gasteiger partial charge in [0.1, 0.15) is 17.4 Å². The van der Waals surface area contributed by atoms with Crippen LogP contribution in [0.15, 0.2) is 54.1 Å². The van der Waals surface area contributed by atoms with E-state index in [9.17, 15) is 10.1 Å². The molecule has 0 spiro atoms. The van der Waals surface area contributed by atoms with Gasteiger partial charge in [-0.1, -0.05) is 35.3 Å². The van der Waals surface area contributed by atoms with Crippen molar-refractivity contribution in [1.82, 2.24) is 4.57 Å². The summed E-state index contributed by atoms with van der Waals surface area (Å²) < 4.78 is 7.39. The van der Waals surface area contributed by atoms with E-state index in [1.165, 1.54) is 0 Å². The van der Waals surface area contributed by atoms with Crippen LogP contribution in [0.1, 0.15) is 23.9 Å². The molecule has 5 nitrogen and oxygen atoms in total. The number of nitrogens with zero attached hydrogens (tertiary/aromatic N) is 2. The summed E-state index contributed by atoms with van der Waals surface area (Å²) in [5.74, 6) is 0.145. The zero-order valence-electron chi connectivity index (χ0n) is 17.4. The Morgan fingerprint density at radius 3 is 2.65 bits per heavy atom. The first-order valence-electron chi connectivity index (χ1n) is 9.65. The topological polar surface area (TPSA) is 67.0 Å². The Hall–Kier alpha value is -3.20. The molecule has 1 amide bonds. The molecule has 7 heteroatoms. The van der Waals surface area contributed by atoms with Crippen molar-refractivity contribution in [3.05, 3.63) is 81.1 Å². The lowest BCUT2D eigenvalue weighted by Gasteiger charge is -2.12. The fourth-order valence-electron chi connectivity index (χ4n) is 3.30. The average molecular weight is 454 g/mol. The van der Waals surface area contributed by atoms with Crippen LogP contribution < -0.4 is 10.1 Å². The highest BCUT2D eigenvalue weighted by molar-refractivity contribution is 6.43. The lowest BCUT2D eigenvalue weighted by Crippen LogP contribution is -2.13. The Morgan fingerprint density at radius 1 is 1.19 bits per heavy atom. The third kappa shape index (κ3) is 4.93. The molecule has 0 saturated carbocycles. The SMILES string of the molecule is CCOc1cccc(NC(=O)/C(C#N)=C\c2cc(C)n(-c3cccc(Cl)c3Cl)c2C)c1. The summed E-state index contributed by atoms with van der Waals surface area (Å²) in [6, 6.07) is 16.3. The van der Waals surface area contributed by atoms with Crippen LogP contribution in [0, 0.1) is 25.2 Å². The molecule has 0 atom stereocenters. The number of halogens is 2. The van der Waals surface area contributed by atoms with Crippen molar-refractivity contribution in [2.24, 2.45) is 0 Å². The number of hydrogen-bond acceptors (Lipinski definition) is 3. The molecule has 0 fully saturated rings. The van der Waals surface area contributed by atoms with E-state index in [0.717, 1.165) is 22.6 Å². The molecule has 3 rings (SSSR count). The first-order chi connectivity index (χ1) is 14.8. The maximum Gasteiger partial charge on any atom is 0.266 e. The summed E-state index contributed by atoms with van der Waals surface area (Å²) in [4.78, 5) is 12.7. The molecule has 31 heavy (non-hydrogen) atoms. The number of carbonyl (C=O) groups is 1. The van der Waals surface area contributed by atoms with Crippen LogP contribution >= 0.6 is 23.2 Å². The third-order valence-corrected chi connectivity index (χ3v) is 5.52. The Bertz CT molecular complexity index is 1210. The van der Waals surface area contributed by atoms with Crippen molar-refractivity contribution in [2.75, 3.05) is 11.9 Å². The number of rotatable bonds is 6. The number of amides is 1. The van der Waals surface area contributed by atoms with Crippen molar-refractivity contribution < 1.29 is 9.53 Å². The molecular formula is C24H21Cl2N3O2. The average Bonchev–Trinajstić information content (AvgIpc) is 3.01. The highest BCUT2D eigenvalue weighted by atomic mass is 35.5. The quantitative estimate of drug-likeness (QED) is 0.349. The van der Waals surface area contributed by atoms with Gasteiger partial charge in [-0.3, -0.25) is 4.79 Å². The van der Waals surface area contributed by atoms with Crippen LogP contribution in [0.2, 0.25) is 10.0 Å². The molecule has 1 heterocycles. The molecule has 0 aliphatic rings. The fraction of sp³-hybridized carbons (Fsp3) is 0.167. The number of nitriles is 1. The fourth-order valence-corrected chi connectivity index (χ4v) is 3.68. The van der Waals surface area contributed by atoms with Crippen molar-refractivity contribution in [2.45, 2.75) is 20.8 Å². The predicted octanol–water partition coefficient (Wildman–Crippen LogP) is 6.35. The van der Waals surface area contributed by atoms with E-state index in [1.54, 1.807) is 36.4 Å². The number of carbonyl (C=O) groups excluding carboxylic acids is 1. The Labute approximate surface area is 191 Å². The van der Waals surface area contributed by atoms with E-state index in [4.69, 9.17) is 27.9 Å². The second kappa shape index (κ2) is 9.74. The first-order valence-corrected chi connectivity index (χ1v) is 10.4. The smallest absolute Gasteiger partial charge is 0.266 e. The number of ether oxygens (including phenoxy) is 1. The molecular weight excluding hydrogens is 433 g/mol. The minimum atomic E-state index is -0.498. The molecule has 0 aliphatic heterocycles. The largest absolute Gasteiger partial charge is 0.494 e. The number of aromatic nitrogens is 1. The molecule has 3 aromatic rings. The second-order valence-corrected chi connectivity index (χ2v) is 7.60. The zero-order chi connectivity index (χ0) is 22.5. The van der Waals surface area contributed by atoms with Gasteiger partial charge in [0.15, 0.2) is 0 Å². The lowest BCUT2D eigenvalue weighted by atomic mass is 10.1. The van der Waals surface area contributed by atoms with Crippen LogP contribution in [-0.4, -0.2) is 17.1 Å². The molecule has 1 N–H and O–H groups in total. The monoisotopic (exact) mass is 453 g/mol. The lowest BCUT2D eigenvalue weighted by molar-refractivity contribution is -0.112. The molecule has 0 radical (unpaired) electrons. The number of aryl methyl sites for hydroxylation is 1. The summed E-state index contributed by atoms with van der Waals surface area (Å²) in [5, 5.41) is 13.2. The van der Waals surface area contributed by atoms with Crippen LogP contribution in [0.25, 0.3) is 11.8 Å². The molecule has 158 valence electrons. The van der Waals surface area contributed by atoms with Gasteiger partial charge in [0.05, 0.1) is 22.3 Å². The van der Waals surface area contributed by atoms with E-state index in [0.29, 0.717) is 28.1 Å². The van der Waals surface area contributed by atoms with Gasteiger partial charge in [0.25, 0.3) is 5.91 Å². The second-order valence-electron chi connectivity index (χ2n) is 6.82. The summed E-state index contributed by atoms with van der Waals surface area (Å²) in [6.45, 7) is 6.23.